The van der Waals surface area contributed by atoms with Crippen LogP contribution in [0, 0.1) is 24.1 Å². The Balaban J connectivity index is 2.09. The van der Waals surface area contributed by atoms with Crippen LogP contribution in [0.5, 0.6) is 5.75 Å². The average Bonchev–Trinajstić information content (AvgIpc) is 2.62. The molecule has 6 nitrogen and oxygen atoms in total. The van der Waals surface area contributed by atoms with Crippen molar-refractivity contribution in [2.75, 3.05) is 12.5 Å². The van der Waals surface area contributed by atoms with Crippen LogP contribution >= 0.6 is 0 Å². The molecule has 3 aromatic rings. The molecule has 0 saturated carbocycles. The lowest BCUT2D eigenvalue weighted by atomic mass is 10.0. The van der Waals surface area contributed by atoms with Crippen LogP contribution in [0.2, 0.25) is 0 Å². The van der Waals surface area contributed by atoms with Gasteiger partial charge in [0, 0.05) is 45.7 Å². The van der Waals surface area contributed by atoms with Gasteiger partial charge in [-0.2, -0.15) is 9.62 Å². The van der Waals surface area contributed by atoms with Crippen molar-refractivity contribution in [1.82, 2.24) is 9.97 Å². The molecular weight excluding hydrogens is 391 g/mol. The summed E-state index contributed by atoms with van der Waals surface area (Å²) in [6, 6.07) is 9.87. The van der Waals surface area contributed by atoms with Crippen LogP contribution in [-0.4, -0.2) is 32.8 Å². The molecule has 0 aliphatic rings. The Morgan fingerprint density at radius 1 is 1.28 bits per heavy atom. The Bertz CT molecular complexity index is 1240. The lowest BCUT2D eigenvalue weighted by Gasteiger charge is -2.14. The summed E-state index contributed by atoms with van der Waals surface area (Å²) < 4.78 is 35.6. The number of hydrogen-bond acceptors (Lipinski definition) is 6. The Labute approximate surface area is 169 Å². The highest BCUT2D eigenvalue weighted by molar-refractivity contribution is 7.92. The molecule has 0 bridgehead atoms. The van der Waals surface area contributed by atoms with Gasteiger partial charge < -0.3 is 4.74 Å². The molecule has 0 N–H and O–H groups in total. The third-order valence-corrected chi connectivity index (χ3v) is 4.85. The number of nitriles is 1. The molecule has 1 aromatic heterocycles. The van der Waals surface area contributed by atoms with E-state index in [1.807, 2.05) is 19.1 Å². The van der Waals surface area contributed by atoms with Gasteiger partial charge >= 0.3 is 0 Å². The molecule has 29 heavy (non-hydrogen) atoms. The fraction of sp³-hybridized carbons (Fsp3) is 0.286. The highest BCUT2D eigenvalue weighted by atomic mass is 32.2. The monoisotopic (exact) mass is 412 g/mol. The van der Waals surface area contributed by atoms with Crippen molar-refractivity contribution in [3.05, 3.63) is 59.3 Å². The standard InChI is InChI=1S/C21H21FN4O2S/c1-13-7-17(26-29(3,4)27)10-19-21(13)18(24-12-25-19)8-15-5-6-16(22)9-20(15)28-14(2)11-23/h5-7,9-10,12,14H,8H2,1-4H3/t14-/m1/s1. The van der Waals surface area contributed by atoms with E-state index in [0.29, 0.717) is 28.9 Å². The van der Waals surface area contributed by atoms with E-state index in [1.54, 1.807) is 31.6 Å². The van der Waals surface area contributed by atoms with Gasteiger partial charge in [0.15, 0.2) is 6.10 Å². The van der Waals surface area contributed by atoms with Gasteiger partial charge in [-0.1, -0.05) is 6.07 Å². The molecule has 0 amide bonds. The van der Waals surface area contributed by atoms with Crippen LogP contribution < -0.4 is 4.74 Å². The lowest BCUT2D eigenvalue weighted by molar-refractivity contribution is 0.272. The first-order chi connectivity index (χ1) is 13.7. The van der Waals surface area contributed by atoms with E-state index in [0.717, 1.165) is 16.6 Å². The second-order valence-corrected chi connectivity index (χ2v) is 9.61. The predicted molar refractivity (Wildman–Crippen MR) is 111 cm³/mol. The van der Waals surface area contributed by atoms with Crippen LogP contribution in [0.25, 0.3) is 10.9 Å². The van der Waals surface area contributed by atoms with Gasteiger partial charge in [-0.05, 0) is 37.6 Å². The lowest BCUT2D eigenvalue weighted by Crippen LogP contribution is -2.10. The molecule has 0 radical (unpaired) electrons. The van der Waals surface area contributed by atoms with E-state index in [2.05, 4.69) is 14.3 Å². The Hall–Kier alpha value is -3.05. The molecule has 1 atom stereocenters. The second-order valence-electron chi connectivity index (χ2n) is 7.07. The first-order valence-electron chi connectivity index (χ1n) is 8.92. The Morgan fingerprint density at radius 3 is 2.72 bits per heavy atom. The molecule has 0 unspecified atom stereocenters. The van der Waals surface area contributed by atoms with Crippen LogP contribution in [0.1, 0.15) is 23.7 Å². The predicted octanol–water partition coefficient (Wildman–Crippen LogP) is 4.32. The van der Waals surface area contributed by atoms with Gasteiger partial charge in [-0.3, -0.25) is 0 Å². The third-order valence-electron chi connectivity index (χ3n) is 4.20. The minimum atomic E-state index is -2.29. The number of rotatable bonds is 5. The van der Waals surface area contributed by atoms with Crippen LogP contribution in [0.4, 0.5) is 10.1 Å². The fourth-order valence-corrected chi connectivity index (χ4v) is 3.69. The van der Waals surface area contributed by atoms with Crippen molar-refractivity contribution >= 4 is 26.3 Å². The molecule has 1 heterocycles. The minimum Gasteiger partial charge on any atom is -0.475 e. The number of hydrogen-bond donors (Lipinski definition) is 0. The maximum Gasteiger partial charge on any atom is 0.181 e. The Kier molecular flexibility index (Phi) is 5.80. The van der Waals surface area contributed by atoms with Crippen LogP contribution in [0.15, 0.2) is 41.0 Å². The van der Waals surface area contributed by atoms with Gasteiger partial charge in [0.2, 0.25) is 0 Å². The molecule has 0 aliphatic heterocycles. The smallest absolute Gasteiger partial charge is 0.181 e. The van der Waals surface area contributed by atoms with Gasteiger partial charge in [-0.15, -0.1) is 0 Å². The van der Waals surface area contributed by atoms with Crippen molar-refractivity contribution in [3.63, 3.8) is 0 Å². The molecule has 3 rings (SSSR count). The normalized spacial score (nSPS) is 12.4. The number of fused-ring (bicyclic) bond motifs is 1. The highest BCUT2D eigenvalue weighted by Crippen LogP contribution is 2.30. The Morgan fingerprint density at radius 2 is 2.03 bits per heavy atom. The van der Waals surface area contributed by atoms with E-state index >= 15 is 0 Å². The summed E-state index contributed by atoms with van der Waals surface area (Å²) in [7, 11) is -2.29. The van der Waals surface area contributed by atoms with E-state index in [1.165, 1.54) is 18.5 Å². The van der Waals surface area contributed by atoms with Crippen molar-refractivity contribution < 1.29 is 13.3 Å². The van der Waals surface area contributed by atoms with Crippen molar-refractivity contribution in [2.24, 2.45) is 4.36 Å². The quantitative estimate of drug-likeness (QED) is 0.623. The number of aryl methyl sites for hydroxylation is 1. The number of nitrogens with zero attached hydrogens (tertiary/aromatic N) is 4. The van der Waals surface area contributed by atoms with E-state index in [4.69, 9.17) is 10.00 Å². The van der Waals surface area contributed by atoms with Gasteiger partial charge in [0.1, 0.15) is 24.0 Å². The number of ether oxygens (including phenoxy) is 1. The van der Waals surface area contributed by atoms with Crippen molar-refractivity contribution in [1.29, 1.82) is 5.26 Å². The van der Waals surface area contributed by atoms with E-state index in [9.17, 15) is 8.60 Å². The highest BCUT2D eigenvalue weighted by Gasteiger charge is 2.14. The van der Waals surface area contributed by atoms with Crippen LogP contribution in [0.3, 0.4) is 0 Å². The molecule has 150 valence electrons. The van der Waals surface area contributed by atoms with Crippen molar-refractivity contribution in [2.45, 2.75) is 26.4 Å². The molecule has 8 heteroatoms. The van der Waals surface area contributed by atoms with Gasteiger partial charge in [0.05, 0.1) is 16.9 Å². The molecular formula is C21H21FN4O2S. The topological polar surface area (TPSA) is 88.2 Å². The largest absolute Gasteiger partial charge is 0.475 e. The molecule has 0 aliphatic carbocycles. The van der Waals surface area contributed by atoms with Gasteiger partial charge in [-0.25, -0.2) is 18.6 Å². The second kappa shape index (κ2) is 8.13. The SMILES string of the molecule is Cc1cc(N=S(C)(C)=O)cc2ncnc(Cc3ccc(F)cc3O[C@H](C)C#N)c12. The minimum absolute atomic E-state index is 0.312. The summed E-state index contributed by atoms with van der Waals surface area (Å²) in [6.07, 6.45) is 4.29. The molecule has 0 saturated heterocycles. The summed E-state index contributed by atoms with van der Waals surface area (Å²) in [5.74, 6) is -0.126. The summed E-state index contributed by atoms with van der Waals surface area (Å²) in [4.78, 5) is 8.75. The first kappa shape index (κ1) is 20.7. The van der Waals surface area contributed by atoms with Crippen molar-refractivity contribution in [3.8, 4) is 11.8 Å². The summed E-state index contributed by atoms with van der Waals surface area (Å²) in [5, 5.41) is 9.87. The molecule has 0 spiro atoms. The first-order valence-corrected chi connectivity index (χ1v) is 11.3. The zero-order valence-corrected chi connectivity index (χ0v) is 17.5. The number of aromatic nitrogens is 2. The maximum absolute atomic E-state index is 13.7. The summed E-state index contributed by atoms with van der Waals surface area (Å²) in [5.41, 5.74) is 3.65. The zero-order valence-electron chi connectivity index (χ0n) is 16.6. The molecule has 0 fully saturated rings. The third kappa shape index (κ3) is 5.06. The molecule has 2 aromatic carbocycles. The summed E-state index contributed by atoms with van der Waals surface area (Å²) >= 11 is 0. The fourth-order valence-electron chi connectivity index (χ4n) is 3.07. The summed E-state index contributed by atoms with van der Waals surface area (Å²) in [6.45, 7) is 3.52. The van der Waals surface area contributed by atoms with Crippen LogP contribution in [-0.2, 0) is 16.1 Å². The van der Waals surface area contributed by atoms with E-state index in [-0.39, 0.29) is 0 Å². The zero-order chi connectivity index (χ0) is 21.2. The maximum atomic E-state index is 13.7. The average molecular weight is 412 g/mol. The van der Waals surface area contributed by atoms with Gasteiger partial charge in [0.25, 0.3) is 0 Å². The van der Waals surface area contributed by atoms with E-state index < -0.39 is 21.7 Å². The number of benzene rings is 2. The number of halogens is 1.